The van der Waals surface area contributed by atoms with Crippen LogP contribution in [0.5, 0.6) is 5.75 Å². The van der Waals surface area contributed by atoms with E-state index in [1.165, 1.54) is 4.90 Å². The first-order chi connectivity index (χ1) is 16.5. The van der Waals surface area contributed by atoms with Gasteiger partial charge in [-0.2, -0.15) is 0 Å². The Morgan fingerprint density at radius 1 is 1.12 bits per heavy atom. The summed E-state index contributed by atoms with van der Waals surface area (Å²) in [6, 6.07) is 6.22. The molecule has 4 aliphatic heterocycles. The molecular weight excluding hydrogens is 440 g/mol. The van der Waals surface area contributed by atoms with Crippen molar-refractivity contribution in [3.8, 4) is 5.75 Å². The minimum absolute atomic E-state index is 0.00852. The first-order valence-corrected chi connectivity index (χ1v) is 11.6. The Morgan fingerprint density at radius 3 is 2.65 bits per heavy atom. The molecule has 1 spiro atoms. The highest BCUT2D eigenvalue weighted by Gasteiger charge is 2.71. The van der Waals surface area contributed by atoms with Crippen LogP contribution in [0.1, 0.15) is 12.8 Å². The predicted molar refractivity (Wildman–Crippen MR) is 121 cm³/mol. The number of unbranched alkanes of at least 4 members (excludes halogenated alkanes) is 1. The maximum absolute atomic E-state index is 14.1. The van der Waals surface area contributed by atoms with Crippen molar-refractivity contribution in [1.29, 1.82) is 0 Å². The largest absolute Gasteiger partial charge is 0.497 e. The molecule has 9 nitrogen and oxygen atoms in total. The van der Waals surface area contributed by atoms with Crippen LogP contribution in [0.15, 0.2) is 48.6 Å². The summed E-state index contributed by atoms with van der Waals surface area (Å²) in [5.41, 5.74) is -0.602. The van der Waals surface area contributed by atoms with E-state index in [0.717, 1.165) is 0 Å². The molecule has 1 aromatic rings. The molecule has 180 valence electrons. The molecule has 0 radical (unpaired) electrons. The van der Waals surface area contributed by atoms with Gasteiger partial charge >= 0.3 is 5.97 Å². The number of benzene rings is 1. The number of methoxy groups -OCH3 is 1. The lowest BCUT2D eigenvalue weighted by Gasteiger charge is -2.35. The normalized spacial score (nSPS) is 32.1. The zero-order valence-corrected chi connectivity index (χ0v) is 19.0. The summed E-state index contributed by atoms with van der Waals surface area (Å²) in [6.45, 7) is 0.704. The quantitative estimate of drug-likeness (QED) is 0.378. The molecule has 1 N–H and O–H groups in total. The SMILES string of the molecule is COc1ccc(N2CC=C[C@]34O[C@@H]5C=CCOC(=O)[C@@H]5[C@H]3C(=O)N(CCCCO)C4C2=O)cc1. The number of aliphatic hydroxyl groups is 1. The van der Waals surface area contributed by atoms with Crippen LogP contribution in [0.2, 0.25) is 0 Å². The minimum atomic E-state index is -1.27. The van der Waals surface area contributed by atoms with Gasteiger partial charge in [-0.15, -0.1) is 0 Å². The van der Waals surface area contributed by atoms with Gasteiger partial charge in [0.25, 0.3) is 5.91 Å². The van der Waals surface area contributed by atoms with Crippen molar-refractivity contribution in [2.45, 2.75) is 30.6 Å². The Bertz CT molecular complexity index is 1040. The van der Waals surface area contributed by atoms with Gasteiger partial charge in [0.15, 0.2) is 0 Å². The van der Waals surface area contributed by atoms with E-state index in [0.29, 0.717) is 30.8 Å². The van der Waals surface area contributed by atoms with Crippen molar-refractivity contribution in [2.24, 2.45) is 11.8 Å². The number of rotatable bonds is 6. The topological polar surface area (TPSA) is 106 Å². The van der Waals surface area contributed by atoms with Crippen LogP contribution >= 0.6 is 0 Å². The lowest BCUT2D eigenvalue weighted by molar-refractivity contribution is -0.152. The van der Waals surface area contributed by atoms with Crippen LogP contribution in [0, 0.1) is 11.8 Å². The summed E-state index contributed by atoms with van der Waals surface area (Å²) < 4.78 is 17.0. The van der Waals surface area contributed by atoms with E-state index in [1.54, 1.807) is 54.5 Å². The predicted octanol–water partition coefficient (Wildman–Crippen LogP) is 1.06. The second-order valence-electron chi connectivity index (χ2n) is 8.91. The Morgan fingerprint density at radius 2 is 1.91 bits per heavy atom. The van der Waals surface area contributed by atoms with Crippen LogP contribution in [-0.4, -0.2) is 79.0 Å². The van der Waals surface area contributed by atoms with Crippen LogP contribution in [0.3, 0.4) is 0 Å². The molecule has 5 atom stereocenters. The Kier molecular flexibility index (Phi) is 5.91. The molecule has 0 saturated carbocycles. The Hall–Kier alpha value is -3.17. The molecule has 0 bridgehead atoms. The minimum Gasteiger partial charge on any atom is -0.497 e. The summed E-state index contributed by atoms with van der Waals surface area (Å²) in [5, 5.41) is 9.26. The fourth-order valence-electron chi connectivity index (χ4n) is 5.60. The summed E-state index contributed by atoms with van der Waals surface area (Å²) in [4.78, 5) is 43.8. The number of amides is 2. The van der Waals surface area contributed by atoms with E-state index in [1.807, 2.05) is 6.08 Å². The molecule has 4 aliphatic rings. The second-order valence-corrected chi connectivity index (χ2v) is 8.91. The van der Waals surface area contributed by atoms with Crippen molar-refractivity contribution in [3.05, 3.63) is 48.6 Å². The van der Waals surface area contributed by atoms with Gasteiger partial charge in [-0.1, -0.05) is 18.2 Å². The third kappa shape index (κ3) is 3.42. The van der Waals surface area contributed by atoms with E-state index in [9.17, 15) is 19.5 Å². The molecule has 0 aliphatic carbocycles. The molecule has 9 heteroatoms. The number of hydrogen-bond donors (Lipinski definition) is 1. The average Bonchev–Trinajstić information content (AvgIpc) is 3.13. The number of cyclic esters (lactones) is 1. The molecule has 1 unspecified atom stereocenters. The monoisotopic (exact) mass is 468 g/mol. The molecule has 4 heterocycles. The molecule has 34 heavy (non-hydrogen) atoms. The number of nitrogens with zero attached hydrogens (tertiary/aromatic N) is 2. The standard InChI is InChI=1S/C25H28N2O7/c1-32-17-9-7-16(8-10-17)26-13-5-11-25-20(19-18(34-25)6-4-15-33-24(19)31)22(29)27(12-2-3-14-28)21(25)23(26)30/h4-11,18-21,28H,2-3,12-15H2,1H3/t18-,19+,20+,21?,25+/m1/s1. The number of hydrogen-bond acceptors (Lipinski definition) is 7. The van der Waals surface area contributed by atoms with Crippen molar-refractivity contribution in [1.82, 2.24) is 4.90 Å². The molecule has 0 aromatic heterocycles. The maximum Gasteiger partial charge on any atom is 0.313 e. The van der Waals surface area contributed by atoms with Crippen LogP contribution in [0.25, 0.3) is 0 Å². The van der Waals surface area contributed by atoms with E-state index < -0.39 is 35.6 Å². The number of carbonyl (C=O) groups excluding carboxylic acids is 3. The third-order valence-electron chi connectivity index (χ3n) is 7.10. The number of esters is 1. The van der Waals surface area contributed by atoms with Gasteiger partial charge in [0.2, 0.25) is 5.91 Å². The summed E-state index contributed by atoms with van der Waals surface area (Å²) in [7, 11) is 1.58. The lowest BCUT2D eigenvalue weighted by atomic mass is 9.78. The van der Waals surface area contributed by atoms with E-state index in [-0.39, 0.29) is 31.6 Å². The Labute approximate surface area is 197 Å². The van der Waals surface area contributed by atoms with Crippen molar-refractivity contribution in [2.75, 3.05) is 38.3 Å². The summed E-state index contributed by atoms with van der Waals surface area (Å²) in [5.74, 6) is -2.06. The fraction of sp³-hybridized carbons (Fsp3) is 0.480. The van der Waals surface area contributed by atoms with Crippen LogP contribution in [-0.2, 0) is 23.9 Å². The number of aliphatic hydroxyl groups excluding tert-OH is 1. The first kappa shape index (κ1) is 22.6. The van der Waals surface area contributed by atoms with E-state index >= 15 is 0 Å². The molecule has 2 fully saturated rings. The van der Waals surface area contributed by atoms with Crippen molar-refractivity contribution >= 4 is 23.5 Å². The number of carbonyl (C=O) groups is 3. The van der Waals surface area contributed by atoms with Gasteiger partial charge < -0.3 is 29.1 Å². The lowest BCUT2D eigenvalue weighted by Crippen LogP contribution is -2.55. The number of fused-ring (bicyclic) bond motifs is 2. The molecule has 1 aromatic carbocycles. The molecule has 5 rings (SSSR count). The number of anilines is 1. The van der Waals surface area contributed by atoms with Gasteiger partial charge in [-0.3, -0.25) is 14.4 Å². The van der Waals surface area contributed by atoms with Gasteiger partial charge in [0, 0.05) is 25.4 Å². The smallest absolute Gasteiger partial charge is 0.313 e. The summed E-state index contributed by atoms with van der Waals surface area (Å²) >= 11 is 0. The van der Waals surface area contributed by atoms with Crippen molar-refractivity contribution < 1.29 is 33.7 Å². The van der Waals surface area contributed by atoms with Crippen LogP contribution < -0.4 is 9.64 Å². The average molecular weight is 469 g/mol. The van der Waals surface area contributed by atoms with Gasteiger partial charge in [-0.05, 0) is 43.2 Å². The second kappa shape index (κ2) is 8.88. The molecular formula is C25H28N2O7. The number of ether oxygens (including phenoxy) is 3. The van der Waals surface area contributed by atoms with E-state index in [2.05, 4.69) is 0 Å². The van der Waals surface area contributed by atoms with Gasteiger partial charge in [0.05, 0.1) is 19.1 Å². The van der Waals surface area contributed by atoms with Gasteiger partial charge in [0.1, 0.15) is 29.9 Å². The summed E-state index contributed by atoms with van der Waals surface area (Å²) in [6.07, 6.45) is 7.48. The molecule has 2 saturated heterocycles. The van der Waals surface area contributed by atoms with E-state index in [4.69, 9.17) is 14.2 Å². The highest BCUT2D eigenvalue weighted by Crippen LogP contribution is 2.53. The third-order valence-corrected chi connectivity index (χ3v) is 7.10. The first-order valence-electron chi connectivity index (χ1n) is 11.6. The number of likely N-dealkylation sites (tertiary alicyclic amines) is 1. The van der Waals surface area contributed by atoms with Crippen molar-refractivity contribution in [3.63, 3.8) is 0 Å². The maximum atomic E-state index is 14.1. The van der Waals surface area contributed by atoms with Crippen LogP contribution in [0.4, 0.5) is 5.69 Å². The highest BCUT2D eigenvalue weighted by molar-refractivity contribution is 6.05. The zero-order valence-electron chi connectivity index (χ0n) is 19.0. The fourth-order valence-corrected chi connectivity index (χ4v) is 5.60. The Balaban J connectivity index is 1.56. The highest BCUT2D eigenvalue weighted by atomic mass is 16.6. The molecule has 2 amide bonds. The van der Waals surface area contributed by atoms with Gasteiger partial charge in [-0.25, -0.2) is 0 Å². The zero-order chi connectivity index (χ0) is 23.9.